The molecule has 3 rings (SSSR count). The zero-order valence-electron chi connectivity index (χ0n) is 13.3. The van der Waals surface area contributed by atoms with Crippen LogP contribution in [0.2, 0.25) is 10.0 Å². The number of pyridine rings is 1. The molecule has 1 aromatic carbocycles. The van der Waals surface area contributed by atoms with Crippen molar-refractivity contribution in [2.75, 3.05) is 5.32 Å². The first kappa shape index (κ1) is 18.6. The predicted octanol–water partition coefficient (Wildman–Crippen LogP) is 5.02. The summed E-state index contributed by atoms with van der Waals surface area (Å²) in [7, 11) is 0. The summed E-state index contributed by atoms with van der Waals surface area (Å²) >= 11 is 15.2. The maximum Gasteiger partial charge on any atom is 0.347 e. The van der Waals surface area contributed by atoms with Crippen LogP contribution in [-0.4, -0.2) is 14.6 Å². The van der Waals surface area contributed by atoms with Gasteiger partial charge in [0.1, 0.15) is 11.5 Å². The molecule has 0 aliphatic rings. The van der Waals surface area contributed by atoms with Crippen molar-refractivity contribution in [3.8, 4) is 0 Å². The van der Waals surface area contributed by atoms with Gasteiger partial charge in [-0.2, -0.15) is 0 Å². The van der Waals surface area contributed by atoms with E-state index in [1.54, 1.807) is 31.3 Å². The summed E-state index contributed by atoms with van der Waals surface area (Å²) in [6.07, 6.45) is 2.95. The molecule has 0 saturated heterocycles. The van der Waals surface area contributed by atoms with E-state index in [1.807, 2.05) is 0 Å². The molecule has 0 unspecified atom stereocenters. The molecule has 0 amide bonds. The average molecular weight is 454 g/mol. The number of anilines is 1. The highest BCUT2D eigenvalue weighted by Crippen LogP contribution is 2.25. The van der Waals surface area contributed by atoms with E-state index in [0.717, 1.165) is 5.56 Å². The Morgan fingerprint density at radius 1 is 1.38 bits per heavy atom. The Labute approximate surface area is 166 Å². The van der Waals surface area contributed by atoms with E-state index < -0.39 is 5.63 Å². The quantitative estimate of drug-likeness (QED) is 0.541. The van der Waals surface area contributed by atoms with Crippen LogP contribution in [0.4, 0.5) is 5.82 Å². The minimum atomic E-state index is -0.587. The van der Waals surface area contributed by atoms with Gasteiger partial charge in [0.25, 0.3) is 0 Å². The van der Waals surface area contributed by atoms with Gasteiger partial charge in [0.15, 0.2) is 0 Å². The molecule has 2 N–H and O–H groups in total. The Kier molecular flexibility index (Phi) is 5.41. The lowest BCUT2D eigenvalue weighted by molar-refractivity contribution is 0.486. The summed E-state index contributed by atoms with van der Waals surface area (Å²) in [6, 6.07) is 6.56. The molecule has 0 aliphatic heterocycles. The van der Waals surface area contributed by atoms with E-state index in [1.165, 1.54) is 12.1 Å². The minimum Gasteiger partial charge on any atom is -0.401 e. The van der Waals surface area contributed by atoms with Crippen LogP contribution in [-0.2, 0) is 0 Å². The first-order valence-electron chi connectivity index (χ1n) is 7.30. The van der Waals surface area contributed by atoms with Crippen LogP contribution in [0, 0.1) is 12.3 Å². The molecule has 0 radical (unpaired) electrons. The van der Waals surface area contributed by atoms with Crippen LogP contribution in [0.5, 0.6) is 0 Å². The molecule has 2 aromatic heterocycles. The number of allylic oxidation sites excluding steroid dienone is 1. The topological polar surface area (TPSA) is 91.9 Å². The van der Waals surface area contributed by atoms with Crippen molar-refractivity contribution in [1.29, 1.82) is 5.41 Å². The molecule has 0 atom stereocenters. The summed E-state index contributed by atoms with van der Waals surface area (Å²) in [5.41, 5.74) is 0.852. The fourth-order valence-corrected chi connectivity index (χ4v) is 2.98. The van der Waals surface area contributed by atoms with Crippen molar-refractivity contribution in [2.45, 2.75) is 6.92 Å². The van der Waals surface area contributed by atoms with Gasteiger partial charge in [-0.3, -0.25) is 5.41 Å². The fraction of sp³-hybridized carbons (Fsp3) is 0.0588. The largest absolute Gasteiger partial charge is 0.401 e. The molecular formula is C17H11BrCl2N4O2. The first-order valence-corrected chi connectivity index (χ1v) is 8.84. The summed E-state index contributed by atoms with van der Waals surface area (Å²) in [5.74, 6) is 0.338. The van der Waals surface area contributed by atoms with Gasteiger partial charge in [-0.05, 0) is 58.8 Å². The number of aromatic nitrogens is 2. The van der Waals surface area contributed by atoms with Crippen LogP contribution in [0.3, 0.4) is 0 Å². The Morgan fingerprint density at radius 3 is 2.85 bits per heavy atom. The average Bonchev–Trinajstić information content (AvgIpc) is 2.56. The SMILES string of the molecule is Cc1cc(Cl)cc2c(=O)oc(/C(=C/C(=N)Br)Nc3ncccc3Cl)nc12. The highest BCUT2D eigenvalue weighted by molar-refractivity contribution is 9.18. The second kappa shape index (κ2) is 7.57. The van der Waals surface area contributed by atoms with E-state index in [4.69, 9.17) is 33.0 Å². The van der Waals surface area contributed by atoms with Crippen LogP contribution in [0.15, 0.2) is 45.8 Å². The van der Waals surface area contributed by atoms with Crippen molar-refractivity contribution >= 4 is 66.2 Å². The molecule has 6 nitrogen and oxygen atoms in total. The summed E-state index contributed by atoms with van der Waals surface area (Å²) in [4.78, 5) is 20.9. The number of benzene rings is 1. The number of fused-ring (bicyclic) bond motifs is 1. The fourth-order valence-electron chi connectivity index (χ4n) is 2.31. The number of nitrogens with zero attached hydrogens (tertiary/aromatic N) is 2. The summed E-state index contributed by atoms with van der Waals surface area (Å²) in [6.45, 7) is 1.80. The van der Waals surface area contributed by atoms with E-state index in [0.29, 0.717) is 21.4 Å². The lowest BCUT2D eigenvalue weighted by Crippen LogP contribution is -2.10. The molecule has 0 aliphatic carbocycles. The molecule has 9 heteroatoms. The van der Waals surface area contributed by atoms with Crippen LogP contribution in [0.1, 0.15) is 11.5 Å². The Bertz CT molecular complexity index is 1110. The molecule has 0 bridgehead atoms. The van der Waals surface area contributed by atoms with Gasteiger partial charge in [-0.15, -0.1) is 0 Å². The zero-order valence-corrected chi connectivity index (χ0v) is 16.4. The predicted molar refractivity (Wildman–Crippen MR) is 108 cm³/mol. The molecule has 132 valence electrons. The highest BCUT2D eigenvalue weighted by Gasteiger charge is 2.15. The van der Waals surface area contributed by atoms with Gasteiger partial charge in [-0.1, -0.05) is 23.2 Å². The van der Waals surface area contributed by atoms with E-state index in [9.17, 15) is 4.79 Å². The summed E-state index contributed by atoms with van der Waals surface area (Å²) in [5, 5.41) is 11.7. The number of rotatable bonds is 4. The lowest BCUT2D eigenvalue weighted by atomic mass is 10.1. The lowest BCUT2D eigenvalue weighted by Gasteiger charge is -2.11. The molecule has 0 spiro atoms. The zero-order chi connectivity index (χ0) is 18.8. The standard InChI is InChI=1S/C17H11BrCl2N4O2/c1-8-5-9(19)6-10-14(8)24-16(26-17(10)25)12(7-13(18)21)23-15-11(20)3-2-4-22-15/h2-7,21H,1H3,(H,22,23)/b12-7-,21-13?. The molecule has 26 heavy (non-hydrogen) atoms. The monoisotopic (exact) mass is 452 g/mol. The van der Waals surface area contributed by atoms with Crippen molar-refractivity contribution < 1.29 is 4.42 Å². The number of halogens is 3. The van der Waals surface area contributed by atoms with E-state index in [2.05, 4.69) is 31.2 Å². The first-order chi connectivity index (χ1) is 12.3. The van der Waals surface area contributed by atoms with Gasteiger partial charge in [0, 0.05) is 11.2 Å². The second-order valence-corrected chi connectivity index (χ2v) is 6.99. The van der Waals surface area contributed by atoms with Crippen molar-refractivity contribution in [2.24, 2.45) is 0 Å². The van der Waals surface area contributed by atoms with Gasteiger partial charge >= 0.3 is 5.63 Å². The van der Waals surface area contributed by atoms with Gasteiger partial charge in [0.05, 0.1) is 20.5 Å². The van der Waals surface area contributed by atoms with Gasteiger partial charge in [-0.25, -0.2) is 14.8 Å². The van der Waals surface area contributed by atoms with E-state index >= 15 is 0 Å². The van der Waals surface area contributed by atoms with Crippen LogP contribution >= 0.6 is 39.1 Å². The number of hydrogen-bond donors (Lipinski definition) is 2. The molecule has 0 saturated carbocycles. The Morgan fingerprint density at radius 2 is 2.15 bits per heavy atom. The normalized spacial score (nSPS) is 11.6. The van der Waals surface area contributed by atoms with Crippen molar-refractivity contribution in [1.82, 2.24) is 9.97 Å². The third-order valence-electron chi connectivity index (χ3n) is 3.40. The second-order valence-electron chi connectivity index (χ2n) is 5.29. The maximum absolute atomic E-state index is 12.4. The van der Waals surface area contributed by atoms with Crippen molar-refractivity contribution in [3.05, 3.63) is 68.5 Å². The summed E-state index contributed by atoms with van der Waals surface area (Å²) < 4.78 is 5.38. The van der Waals surface area contributed by atoms with Crippen LogP contribution < -0.4 is 10.9 Å². The number of nitrogens with one attached hydrogen (secondary N) is 2. The van der Waals surface area contributed by atoms with Gasteiger partial charge in [0.2, 0.25) is 5.89 Å². The smallest absolute Gasteiger partial charge is 0.347 e. The Balaban J connectivity index is 2.18. The Hall–Kier alpha value is -2.22. The molecule has 3 aromatic rings. The van der Waals surface area contributed by atoms with E-state index in [-0.39, 0.29) is 21.6 Å². The third kappa shape index (κ3) is 3.95. The highest BCUT2D eigenvalue weighted by atomic mass is 79.9. The molecule has 2 heterocycles. The molecular weight excluding hydrogens is 443 g/mol. The van der Waals surface area contributed by atoms with Gasteiger partial charge < -0.3 is 9.73 Å². The minimum absolute atomic E-state index is 0.00107. The number of hydrogen-bond acceptors (Lipinski definition) is 6. The van der Waals surface area contributed by atoms with Crippen LogP contribution in [0.25, 0.3) is 16.6 Å². The maximum atomic E-state index is 12.4. The number of aryl methyl sites for hydroxylation is 1. The third-order valence-corrected chi connectivity index (χ3v) is 4.15. The molecule has 0 fully saturated rings. The van der Waals surface area contributed by atoms with Crippen molar-refractivity contribution in [3.63, 3.8) is 0 Å².